The molecule has 2 heterocycles. The molecule has 0 fully saturated rings. The van der Waals surface area contributed by atoms with Crippen molar-refractivity contribution in [3.63, 3.8) is 0 Å². The molecule has 0 saturated carbocycles. The number of halogens is 4. The standard InChI is InChI=1S/C14H9Br2Cl2N3/c15-8-1-2-12(10(16)5-8)21-13(3-4-17)20-11-6-9(18)7-19-14(11)21/h1-2,5-7H,3-4H2. The first kappa shape index (κ1) is 15.3. The first-order valence-corrected chi connectivity index (χ1v) is 8.64. The Morgan fingerprint density at radius 3 is 2.71 bits per heavy atom. The van der Waals surface area contributed by atoms with Gasteiger partial charge < -0.3 is 0 Å². The fourth-order valence-corrected chi connectivity index (χ4v) is 3.70. The van der Waals surface area contributed by atoms with E-state index in [0.29, 0.717) is 17.3 Å². The van der Waals surface area contributed by atoms with Crippen molar-refractivity contribution in [3.05, 3.63) is 50.3 Å². The summed E-state index contributed by atoms with van der Waals surface area (Å²) in [6.45, 7) is 0. The normalized spacial score (nSPS) is 11.2. The van der Waals surface area contributed by atoms with Crippen LogP contribution in [0.25, 0.3) is 16.9 Å². The Balaban J connectivity index is 2.30. The van der Waals surface area contributed by atoms with Gasteiger partial charge in [-0.05, 0) is 40.2 Å². The minimum atomic E-state index is 0.491. The second-order valence-electron chi connectivity index (χ2n) is 4.39. The lowest BCUT2D eigenvalue weighted by Crippen LogP contribution is -2.03. The zero-order valence-electron chi connectivity index (χ0n) is 10.7. The van der Waals surface area contributed by atoms with Gasteiger partial charge in [0.15, 0.2) is 5.65 Å². The van der Waals surface area contributed by atoms with Gasteiger partial charge in [0, 0.05) is 27.4 Å². The zero-order valence-corrected chi connectivity index (χ0v) is 15.3. The molecule has 0 radical (unpaired) electrons. The van der Waals surface area contributed by atoms with Crippen LogP contribution in [-0.4, -0.2) is 20.4 Å². The van der Waals surface area contributed by atoms with Crippen LogP contribution in [0.1, 0.15) is 5.82 Å². The summed E-state index contributed by atoms with van der Waals surface area (Å²) < 4.78 is 3.95. The Hall–Kier alpha value is -0.620. The van der Waals surface area contributed by atoms with Crippen molar-refractivity contribution in [3.8, 4) is 5.69 Å². The third kappa shape index (κ3) is 2.97. The number of pyridine rings is 1. The second kappa shape index (κ2) is 6.24. The number of imidazole rings is 1. The van der Waals surface area contributed by atoms with Crippen LogP contribution in [-0.2, 0) is 6.42 Å². The number of benzene rings is 1. The molecule has 0 N–H and O–H groups in total. The lowest BCUT2D eigenvalue weighted by atomic mass is 10.3. The lowest BCUT2D eigenvalue weighted by molar-refractivity contribution is 0.902. The van der Waals surface area contributed by atoms with Crippen LogP contribution in [0.15, 0.2) is 39.4 Å². The number of fused-ring (bicyclic) bond motifs is 1. The molecule has 3 rings (SSSR count). The molecule has 7 heteroatoms. The Bertz CT molecular complexity index is 817. The second-order valence-corrected chi connectivity index (χ2v) is 6.98. The first-order valence-electron chi connectivity index (χ1n) is 6.14. The van der Waals surface area contributed by atoms with E-state index < -0.39 is 0 Å². The SMILES string of the molecule is ClCCc1nc2cc(Cl)cnc2n1-c1ccc(Br)cc1Br. The van der Waals surface area contributed by atoms with Gasteiger partial charge in [0.2, 0.25) is 0 Å². The van der Waals surface area contributed by atoms with E-state index >= 15 is 0 Å². The highest BCUT2D eigenvalue weighted by atomic mass is 79.9. The average Bonchev–Trinajstić information content (AvgIpc) is 2.76. The summed E-state index contributed by atoms with van der Waals surface area (Å²) in [6, 6.07) is 7.78. The van der Waals surface area contributed by atoms with E-state index in [2.05, 4.69) is 41.8 Å². The molecule has 0 amide bonds. The van der Waals surface area contributed by atoms with Crippen molar-refractivity contribution in [1.29, 1.82) is 0 Å². The maximum atomic E-state index is 6.00. The summed E-state index contributed by atoms with van der Waals surface area (Å²) in [7, 11) is 0. The molecule has 0 saturated heterocycles. The van der Waals surface area contributed by atoms with Gasteiger partial charge in [-0.3, -0.25) is 4.57 Å². The summed E-state index contributed by atoms with van der Waals surface area (Å²) >= 11 is 19.0. The van der Waals surface area contributed by atoms with Crippen molar-refractivity contribution >= 4 is 66.2 Å². The third-order valence-electron chi connectivity index (χ3n) is 3.00. The number of hydrogen-bond acceptors (Lipinski definition) is 2. The van der Waals surface area contributed by atoms with E-state index in [1.54, 1.807) is 6.20 Å². The monoisotopic (exact) mass is 447 g/mol. The van der Waals surface area contributed by atoms with Gasteiger partial charge in [-0.2, -0.15) is 0 Å². The van der Waals surface area contributed by atoms with E-state index in [9.17, 15) is 0 Å². The molecule has 0 spiro atoms. The maximum absolute atomic E-state index is 6.00. The van der Waals surface area contributed by atoms with E-state index in [4.69, 9.17) is 23.2 Å². The lowest BCUT2D eigenvalue weighted by Gasteiger charge is -2.10. The van der Waals surface area contributed by atoms with Crippen LogP contribution in [0.4, 0.5) is 0 Å². The van der Waals surface area contributed by atoms with Crippen LogP contribution in [0.3, 0.4) is 0 Å². The van der Waals surface area contributed by atoms with Crippen LogP contribution >= 0.6 is 55.1 Å². The topological polar surface area (TPSA) is 30.7 Å². The van der Waals surface area contributed by atoms with Crippen molar-refractivity contribution in [2.75, 3.05) is 5.88 Å². The number of aromatic nitrogens is 3. The molecule has 2 aromatic heterocycles. The van der Waals surface area contributed by atoms with Gasteiger partial charge in [-0.25, -0.2) is 9.97 Å². The van der Waals surface area contributed by atoms with Crippen LogP contribution in [0.5, 0.6) is 0 Å². The summed E-state index contributed by atoms with van der Waals surface area (Å²) in [4.78, 5) is 9.02. The molecule has 108 valence electrons. The summed E-state index contributed by atoms with van der Waals surface area (Å²) in [5.41, 5.74) is 2.50. The number of aryl methyl sites for hydroxylation is 1. The highest BCUT2D eigenvalue weighted by Crippen LogP contribution is 2.29. The fraction of sp³-hybridized carbons (Fsp3) is 0.143. The van der Waals surface area contributed by atoms with Crippen LogP contribution in [0, 0.1) is 0 Å². The van der Waals surface area contributed by atoms with Crippen molar-refractivity contribution in [1.82, 2.24) is 14.5 Å². The van der Waals surface area contributed by atoms with E-state index in [0.717, 1.165) is 31.6 Å². The highest BCUT2D eigenvalue weighted by molar-refractivity contribution is 9.11. The summed E-state index contributed by atoms with van der Waals surface area (Å²) in [5, 5.41) is 0.569. The molecule has 0 aliphatic rings. The van der Waals surface area contributed by atoms with Gasteiger partial charge in [0.25, 0.3) is 0 Å². The molecule has 3 nitrogen and oxygen atoms in total. The molecule has 3 aromatic rings. The number of hydrogen-bond donors (Lipinski definition) is 0. The van der Waals surface area contributed by atoms with Gasteiger partial charge in [0.05, 0.1) is 10.7 Å². The Labute approximate surface area is 148 Å². The van der Waals surface area contributed by atoms with Crippen molar-refractivity contribution in [2.45, 2.75) is 6.42 Å². The fourth-order valence-electron chi connectivity index (χ4n) is 2.16. The minimum absolute atomic E-state index is 0.491. The molecule has 0 aliphatic carbocycles. The van der Waals surface area contributed by atoms with Crippen LogP contribution in [0.2, 0.25) is 5.02 Å². The molecule has 0 aliphatic heterocycles. The Kier molecular flexibility index (Phi) is 4.54. The number of nitrogens with zero attached hydrogens (tertiary/aromatic N) is 3. The smallest absolute Gasteiger partial charge is 0.164 e. The summed E-state index contributed by atoms with van der Waals surface area (Å²) in [6.07, 6.45) is 2.28. The Morgan fingerprint density at radius 1 is 1.19 bits per heavy atom. The molecular formula is C14H9Br2Cl2N3. The Morgan fingerprint density at radius 2 is 2.00 bits per heavy atom. The zero-order chi connectivity index (χ0) is 15.0. The third-order valence-corrected chi connectivity index (χ3v) is 4.53. The van der Waals surface area contributed by atoms with Crippen LogP contribution < -0.4 is 0 Å². The predicted molar refractivity (Wildman–Crippen MR) is 93.7 cm³/mol. The molecular weight excluding hydrogens is 441 g/mol. The van der Waals surface area contributed by atoms with E-state index in [1.165, 1.54) is 0 Å². The highest BCUT2D eigenvalue weighted by Gasteiger charge is 2.15. The molecule has 0 unspecified atom stereocenters. The van der Waals surface area contributed by atoms with Gasteiger partial charge in [-0.1, -0.05) is 27.5 Å². The first-order chi connectivity index (χ1) is 10.1. The minimum Gasteiger partial charge on any atom is -0.280 e. The van der Waals surface area contributed by atoms with E-state index in [1.807, 2.05) is 28.8 Å². The molecule has 0 bridgehead atoms. The molecule has 0 atom stereocenters. The molecule has 21 heavy (non-hydrogen) atoms. The van der Waals surface area contributed by atoms with Gasteiger partial charge in [-0.15, -0.1) is 11.6 Å². The maximum Gasteiger partial charge on any atom is 0.164 e. The van der Waals surface area contributed by atoms with Crippen molar-refractivity contribution < 1.29 is 0 Å². The quantitative estimate of drug-likeness (QED) is 0.502. The van der Waals surface area contributed by atoms with Gasteiger partial charge in [0.1, 0.15) is 11.3 Å². The summed E-state index contributed by atoms with van der Waals surface area (Å²) in [5.74, 6) is 1.35. The molecule has 1 aromatic carbocycles. The predicted octanol–water partition coefficient (Wildman–Crippen LogP) is 5.38. The van der Waals surface area contributed by atoms with E-state index in [-0.39, 0.29) is 0 Å². The van der Waals surface area contributed by atoms with Crippen molar-refractivity contribution in [2.24, 2.45) is 0 Å². The number of rotatable bonds is 3. The number of alkyl halides is 1. The average molecular weight is 450 g/mol. The largest absolute Gasteiger partial charge is 0.280 e. The van der Waals surface area contributed by atoms with Gasteiger partial charge >= 0.3 is 0 Å².